The molecule has 3 rings (SSSR count). The Balaban J connectivity index is 2.27. The zero-order chi connectivity index (χ0) is 18.6. The first-order valence-electron chi connectivity index (χ1n) is 7.74. The van der Waals surface area contributed by atoms with Crippen LogP contribution in [0.2, 0.25) is 0 Å². The van der Waals surface area contributed by atoms with Crippen LogP contribution in [0.5, 0.6) is 0 Å². The monoisotopic (exact) mass is 434 g/mol. The second-order valence-electron chi connectivity index (χ2n) is 6.81. The molecule has 10 heteroatoms. The summed E-state index contributed by atoms with van der Waals surface area (Å²) in [6.45, 7) is 5.72. The quantitative estimate of drug-likeness (QED) is 0.507. The number of carboxylic acid groups (broad SMARTS) is 1. The molecule has 138 valence electrons. The summed E-state index contributed by atoms with van der Waals surface area (Å²) in [5.41, 5.74) is -1.11. The fraction of sp³-hybridized carbons (Fsp3) is 0.533. The molecule has 1 fully saturated rings. The highest BCUT2D eigenvalue weighted by Gasteiger charge is 2.62. The number of hydrogen-bond donors (Lipinski definition) is 4. The van der Waals surface area contributed by atoms with Gasteiger partial charge in [-0.3, -0.25) is 15.0 Å². The molecule has 0 saturated carbocycles. The van der Waals surface area contributed by atoms with Crippen molar-refractivity contribution in [2.24, 2.45) is 4.99 Å². The number of hydrogen-bond acceptors (Lipinski definition) is 5. The van der Waals surface area contributed by atoms with Crippen molar-refractivity contribution >= 4 is 38.4 Å². The molecule has 1 saturated heterocycles. The van der Waals surface area contributed by atoms with Crippen LogP contribution in [-0.4, -0.2) is 43.1 Å². The highest BCUT2D eigenvalue weighted by molar-refractivity contribution is 9.10. The number of aromatic nitrogens is 1. The van der Waals surface area contributed by atoms with E-state index < -0.39 is 37.9 Å². The lowest BCUT2D eigenvalue weighted by atomic mass is 9.90. The first-order chi connectivity index (χ1) is 11.5. The minimum atomic E-state index is -2.53. The molecule has 2 aliphatic rings. The maximum atomic E-state index is 14.6. The van der Waals surface area contributed by atoms with Crippen molar-refractivity contribution in [3.05, 3.63) is 28.2 Å². The first kappa shape index (κ1) is 18.6. The van der Waals surface area contributed by atoms with Gasteiger partial charge in [0.05, 0.1) is 10.00 Å². The van der Waals surface area contributed by atoms with E-state index in [4.69, 9.17) is 0 Å². The third-order valence-corrected chi connectivity index (χ3v) is 9.33. The normalized spacial score (nSPS) is 36.1. The van der Waals surface area contributed by atoms with Crippen LogP contribution in [-0.2, 0) is 5.54 Å². The molecule has 0 radical (unpaired) electrons. The predicted molar refractivity (Wildman–Crippen MR) is 98.5 cm³/mol. The largest absolute Gasteiger partial charge is 0.465 e. The van der Waals surface area contributed by atoms with Gasteiger partial charge in [-0.25, -0.2) is 14.2 Å². The Morgan fingerprint density at radius 2 is 2.16 bits per heavy atom. The topological polar surface area (TPSA) is 107 Å². The molecule has 1 amide bonds. The Hall–Kier alpha value is -1.23. The van der Waals surface area contributed by atoms with Crippen LogP contribution in [0.15, 0.2) is 21.7 Å². The minimum Gasteiger partial charge on any atom is -0.465 e. The van der Waals surface area contributed by atoms with Gasteiger partial charge in [0.25, 0.3) is 0 Å². The zero-order valence-corrected chi connectivity index (χ0v) is 16.4. The fourth-order valence-corrected chi connectivity index (χ4v) is 7.30. The van der Waals surface area contributed by atoms with Gasteiger partial charge in [0.15, 0.2) is 0 Å². The molecule has 0 aromatic carbocycles. The van der Waals surface area contributed by atoms with E-state index in [2.05, 4.69) is 35.9 Å². The minimum absolute atomic E-state index is 0.0849. The van der Waals surface area contributed by atoms with Crippen LogP contribution < -0.4 is 10.0 Å². The lowest BCUT2D eigenvalue weighted by Crippen LogP contribution is -2.59. The number of rotatable bonds is 1. The molecule has 1 unspecified atom stereocenters. The summed E-state index contributed by atoms with van der Waals surface area (Å²) in [6, 6.07) is 2.77. The Morgan fingerprint density at radius 1 is 1.48 bits per heavy atom. The van der Waals surface area contributed by atoms with E-state index in [1.165, 1.54) is 12.1 Å². The van der Waals surface area contributed by atoms with E-state index in [0.717, 1.165) is 0 Å². The molecule has 4 N–H and O–H groups in total. The second-order valence-corrected chi connectivity index (χ2v) is 10.8. The Kier molecular flexibility index (Phi) is 4.38. The Bertz CT molecular complexity index is 777. The SMILES string of the molecule is CC1(C)C(NC(=O)O)=N[C@](C)(c2nc(Br)ccc2F)[C@@H]2CCNS21O. The van der Waals surface area contributed by atoms with Gasteiger partial charge in [-0.2, -0.15) is 0 Å². The van der Waals surface area contributed by atoms with E-state index in [-0.39, 0.29) is 11.5 Å². The summed E-state index contributed by atoms with van der Waals surface area (Å²) in [5.74, 6) is -0.440. The molecule has 0 bridgehead atoms. The van der Waals surface area contributed by atoms with Crippen molar-refractivity contribution < 1.29 is 18.8 Å². The van der Waals surface area contributed by atoms with Crippen LogP contribution in [0.4, 0.5) is 9.18 Å². The van der Waals surface area contributed by atoms with Crippen molar-refractivity contribution in [1.82, 2.24) is 15.0 Å². The van der Waals surface area contributed by atoms with Gasteiger partial charge in [0, 0.05) is 6.54 Å². The number of amidine groups is 1. The van der Waals surface area contributed by atoms with Crippen molar-refractivity contribution in [1.29, 1.82) is 0 Å². The smallest absolute Gasteiger partial charge is 0.410 e. The number of aliphatic imine (C=N–C) groups is 1. The Labute approximate surface area is 154 Å². The average Bonchev–Trinajstić information content (AvgIpc) is 2.92. The number of amides is 1. The molecule has 3 atom stereocenters. The van der Waals surface area contributed by atoms with Crippen molar-refractivity contribution in [2.45, 2.75) is 42.7 Å². The van der Waals surface area contributed by atoms with E-state index in [9.17, 15) is 18.8 Å². The van der Waals surface area contributed by atoms with E-state index in [1.807, 2.05) is 0 Å². The molecular formula is C15H20BrFN4O3S. The Morgan fingerprint density at radius 3 is 2.80 bits per heavy atom. The number of nitrogens with zero attached hydrogens (tertiary/aromatic N) is 2. The predicted octanol–water partition coefficient (Wildman–Crippen LogP) is 3.21. The fourth-order valence-electron chi connectivity index (χ4n) is 3.61. The molecule has 1 aromatic rings. The molecule has 1 aromatic heterocycles. The molecule has 2 aliphatic heterocycles. The van der Waals surface area contributed by atoms with Gasteiger partial charge >= 0.3 is 6.09 Å². The molecule has 0 aliphatic carbocycles. The molecule has 0 spiro atoms. The number of nitrogens with one attached hydrogen (secondary N) is 2. The van der Waals surface area contributed by atoms with Crippen LogP contribution >= 0.6 is 26.4 Å². The van der Waals surface area contributed by atoms with Gasteiger partial charge in [-0.05, 0) is 55.3 Å². The van der Waals surface area contributed by atoms with Crippen LogP contribution in [0, 0.1) is 5.82 Å². The van der Waals surface area contributed by atoms with E-state index in [1.54, 1.807) is 20.8 Å². The number of fused-ring (bicyclic) bond motifs is 1. The number of halogens is 2. The average molecular weight is 435 g/mol. The molecular weight excluding hydrogens is 415 g/mol. The van der Waals surface area contributed by atoms with E-state index in [0.29, 0.717) is 17.6 Å². The lowest BCUT2D eigenvalue weighted by molar-refractivity contribution is 0.199. The number of pyridine rings is 1. The molecule has 25 heavy (non-hydrogen) atoms. The third-order valence-electron chi connectivity index (χ3n) is 4.98. The standard InChI is InChI=1S/C15H20BrFN4O3S/c1-14(2)12(20-13(22)23)21-15(3,9-6-7-18-25(9,14)24)11-8(17)4-5-10(16)19-11/h4-5,9,18,24H,6-7H2,1-3H3,(H,20,21)(H,22,23)/t9-,15-/m0/s1. The molecule has 7 nitrogen and oxygen atoms in total. The lowest BCUT2D eigenvalue weighted by Gasteiger charge is -2.56. The maximum Gasteiger partial charge on any atom is 0.410 e. The van der Waals surface area contributed by atoms with Crippen LogP contribution in [0.1, 0.15) is 32.9 Å². The van der Waals surface area contributed by atoms with Gasteiger partial charge < -0.3 is 9.66 Å². The molecule has 3 heterocycles. The summed E-state index contributed by atoms with van der Waals surface area (Å²) in [7, 11) is -2.53. The van der Waals surface area contributed by atoms with Gasteiger partial charge in [-0.1, -0.05) is 10.5 Å². The maximum absolute atomic E-state index is 14.6. The number of carbonyl (C=O) groups is 1. The summed E-state index contributed by atoms with van der Waals surface area (Å²) in [5, 5.41) is 11.1. The zero-order valence-electron chi connectivity index (χ0n) is 14.0. The summed E-state index contributed by atoms with van der Waals surface area (Å²) < 4.78 is 28.7. The van der Waals surface area contributed by atoms with Gasteiger partial charge in [-0.15, -0.1) is 0 Å². The highest BCUT2D eigenvalue weighted by Crippen LogP contribution is 2.67. The van der Waals surface area contributed by atoms with Gasteiger partial charge in [0.1, 0.15) is 27.5 Å². The van der Waals surface area contributed by atoms with Crippen molar-refractivity contribution in [3.8, 4) is 0 Å². The summed E-state index contributed by atoms with van der Waals surface area (Å²) >= 11 is 3.24. The van der Waals surface area contributed by atoms with Crippen LogP contribution in [0.25, 0.3) is 0 Å². The summed E-state index contributed by atoms with van der Waals surface area (Å²) in [4.78, 5) is 20.1. The van der Waals surface area contributed by atoms with Crippen molar-refractivity contribution in [3.63, 3.8) is 0 Å². The highest BCUT2D eigenvalue weighted by atomic mass is 79.9. The first-order valence-corrected chi connectivity index (χ1v) is 10.2. The second kappa shape index (κ2) is 5.90. The third kappa shape index (κ3) is 2.66. The summed E-state index contributed by atoms with van der Waals surface area (Å²) in [6.07, 6.45) is -0.695. The van der Waals surface area contributed by atoms with E-state index >= 15 is 0 Å². The van der Waals surface area contributed by atoms with Crippen molar-refractivity contribution in [2.75, 3.05) is 6.54 Å². The van der Waals surface area contributed by atoms with Gasteiger partial charge in [0.2, 0.25) is 0 Å². The van der Waals surface area contributed by atoms with Crippen LogP contribution in [0.3, 0.4) is 0 Å².